The monoisotopic (exact) mass is 348 g/mol. The number of ether oxygens (including phenoxy) is 2. The van der Waals surface area contributed by atoms with Gasteiger partial charge in [-0.25, -0.2) is 4.98 Å². The molecule has 1 aliphatic carbocycles. The topological polar surface area (TPSA) is 51.7 Å². The predicted molar refractivity (Wildman–Crippen MR) is 89.9 cm³/mol. The Balaban J connectivity index is 1.20. The molecule has 130 valence electrons. The molecule has 0 unspecified atom stereocenters. The summed E-state index contributed by atoms with van der Waals surface area (Å²) >= 11 is 1.75. The SMILES string of the molecule is O=C(C1CCOCC1)N1C[C@H]2C[C@H](c3nc(C4CC4)cs3)O[C@H]2C1. The first-order valence-electron chi connectivity index (χ1n) is 9.25. The van der Waals surface area contributed by atoms with Crippen molar-refractivity contribution in [3.63, 3.8) is 0 Å². The molecule has 24 heavy (non-hydrogen) atoms. The number of carbonyl (C=O) groups excluding carboxylic acids is 1. The zero-order chi connectivity index (χ0) is 16.1. The van der Waals surface area contributed by atoms with Crippen LogP contribution < -0.4 is 0 Å². The summed E-state index contributed by atoms with van der Waals surface area (Å²) in [6.45, 7) is 3.07. The lowest BCUT2D eigenvalue weighted by atomic mass is 9.98. The Kier molecular flexibility index (Phi) is 3.87. The molecule has 3 atom stereocenters. The molecule has 6 heteroatoms. The first-order chi connectivity index (χ1) is 11.8. The van der Waals surface area contributed by atoms with Crippen molar-refractivity contribution in [3.05, 3.63) is 16.1 Å². The summed E-state index contributed by atoms with van der Waals surface area (Å²) in [6.07, 6.45) is 5.70. The summed E-state index contributed by atoms with van der Waals surface area (Å²) in [6, 6.07) is 0. The zero-order valence-corrected chi connectivity index (χ0v) is 14.7. The van der Waals surface area contributed by atoms with Crippen LogP contribution in [0.4, 0.5) is 0 Å². The largest absolute Gasteiger partial charge is 0.381 e. The summed E-state index contributed by atoms with van der Waals surface area (Å²) in [5, 5.41) is 3.36. The summed E-state index contributed by atoms with van der Waals surface area (Å²) in [5.74, 6) is 1.67. The van der Waals surface area contributed by atoms with Crippen LogP contribution in [-0.4, -0.2) is 48.2 Å². The van der Waals surface area contributed by atoms with Crippen LogP contribution in [0.2, 0.25) is 0 Å². The quantitative estimate of drug-likeness (QED) is 0.843. The maximum absolute atomic E-state index is 12.7. The molecule has 3 saturated heterocycles. The molecule has 0 bridgehead atoms. The van der Waals surface area contributed by atoms with E-state index in [4.69, 9.17) is 14.5 Å². The van der Waals surface area contributed by atoms with E-state index in [9.17, 15) is 4.79 Å². The Bertz CT molecular complexity index is 610. The molecule has 0 aromatic carbocycles. The lowest BCUT2D eigenvalue weighted by Gasteiger charge is -2.27. The third kappa shape index (κ3) is 2.78. The van der Waals surface area contributed by atoms with Crippen molar-refractivity contribution in [3.8, 4) is 0 Å². The number of fused-ring (bicyclic) bond motifs is 1. The molecular formula is C18H24N2O3S. The second kappa shape index (κ2) is 6.07. The van der Waals surface area contributed by atoms with Gasteiger partial charge in [-0.1, -0.05) is 0 Å². The van der Waals surface area contributed by atoms with Gasteiger partial charge in [-0.3, -0.25) is 4.79 Å². The number of amides is 1. The van der Waals surface area contributed by atoms with Crippen molar-refractivity contribution >= 4 is 17.2 Å². The molecule has 1 aromatic rings. The predicted octanol–water partition coefficient (Wildman–Crippen LogP) is 2.74. The highest BCUT2D eigenvalue weighted by Crippen LogP contribution is 2.45. The van der Waals surface area contributed by atoms with Gasteiger partial charge in [0, 0.05) is 49.4 Å². The van der Waals surface area contributed by atoms with Gasteiger partial charge in [-0.05, 0) is 32.1 Å². The molecule has 1 aromatic heterocycles. The van der Waals surface area contributed by atoms with Gasteiger partial charge in [0.2, 0.25) is 5.91 Å². The molecule has 4 fully saturated rings. The smallest absolute Gasteiger partial charge is 0.225 e. The number of hydrogen-bond acceptors (Lipinski definition) is 5. The second-order valence-electron chi connectivity index (χ2n) is 7.67. The number of rotatable bonds is 3. The van der Waals surface area contributed by atoms with Gasteiger partial charge in [0.25, 0.3) is 0 Å². The summed E-state index contributed by atoms with van der Waals surface area (Å²) in [5.41, 5.74) is 1.27. The van der Waals surface area contributed by atoms with Gasteiger partial charge in [0.1, 0.15) is 11.1 Å². The van der Waals surface area contributed by atoms with Crippen molar-refractivity contribution in [1.82, 2.24) is 9.88 Å². The van der Waals surface area contributed by atoms with Crippen molar-refractivity contribution in [2.45, 2.75) is 50.2 Å². The first kappa shape index (κ1) is 15.3. The minimum Gasteiger partial charge on any atom is -0.381 e. The van der Waals surface area contributed by atoms with Crippen LogP contribution in [0.15, 0.2) is 5.38 Å². The van der Waals surface area contributed by atoms with Crippen LogP contribution in [-0.2, 0) is 14.3 Å². The first-order valence-corrected chi connectivity index (χ1v) is 10.1. The van der Waals surface area contributed by atoms with E-state index < -0.39 is 0 Å². The standard InChI is InChI=1S/C18H24N2O3S/c21-18(12-3-5-22-6-4-12)20-8-13-7-15(23-16(13)9-20)17-19-14(10-24-17)11-1-2-11/h10-13,15-16H,1-9H2/t13-,15-,16+/m1/s1. The van der Waals surface area contributed by atoms with E-state index in [1.54, 1.807) is 11.3 Å². The molecule has 4 heterocycles. The Morgan fingerprint density at radius 1 is 1.21 bits per heavy atom. The van der Waals surface area contributed by atoms with E-state index in [0.717, 1.165) is 50.6 Å². The van der Waals surface area contributed by atoms with Gasteiger partial charge in [0.05, 0.1) is 11.8 Å². The number of likely N-dealkylation sites (tertiary alicyclic amines) is 1. The Morgan fingerprint density at radius 2 is 2.04 bits per heavy atom. The average molecular weight is 348 g/mol. The maximum atomic E-state index is 12.7. The van der Waals surface area contributed by atoms with Crippen molar-refractivity contribution < 1.29 is 14.3 Å². The van der Waals surface area contributed by atoms with Crippen LogP contribution in [0.1, 0.15) is 54.8 Å². The molecule has 1 saturated carbocycles. The molecule has 0 radical (unpaired) electrons. The normalized spacial score (nSPS) is 33.8. The fraction of sp³-hybridized carbons (Fsp3) is 0.778. The highest BCUT2D eigenvalue weighted by atomic mass is 32.1. The van der Waals surface area contributed by atoms with E-state index in [2.05, 4.69) is 5.38 Å². The molecule has 5 rings (SSSR count). The Morgan fingerprint density at radius 3 is 2.79 bits per heavy atom. The van der Waals surface area contributed by atoms with Crippen LogP contribution in [0, 0.1) is 11.8 Å². The summed E-state index contributed by atoms with van der Waals surface area (Å²) in [4.78, 5) is 19.5. The number of nitrogens with zero attached hydrogens (tertiary/aromatic N) is 2. The molecular weight excluding hydrogens is 324 g/mol. The molecule has 4 aliphatic rings. The lowest BCUT2D eigenvalue weighted by Crippen LogP contribution is -2.38. The Labute approximate surface area is 146 Å². The van der Waals surface area contributed by atoms with Gasteiger partial charge >= 0.3 is 0 Å². The second-order valence-corrected chi connectivity index (χ2v) is 8.56. The van der Waals surface area contributed by atoms with Gasteiger partial charge < -0.3 is 14.4 Å². The minimum absolute atomic E-state index is 0.151. The van der Waals surface area contributed by atoms with E-state index in [-0.39, 0.29) is 18.1 Å². The van der Waals surface area contributed by atoms with Crippen molar-refractivity contribution in [2.75, 3.05) is 26.3 Å². The minimum atomic E-state index is 0.151. The third-order valence-corrected chi connectivity index (χ3v) is 6.88. The summed E-state index contributed by atoms with van der Waals surface area (Å²) < 4.78 is 11.7. The number of carbonyl (C=O) groups is 1. The van der Waals surface area contributed by atoms with E-state index in [1.807, 2.05) is 4.90 Å². The van der Waals surface area contributed by atoms with E-state index >= 15 is 0 Å². The molecule has 1 amide bonds. The zero-order valence-electron chi connectivity index (χ0n) is 13.9. The maximum Gasteiger partial charge on any atom is 0.225 e. The van der Waals surface area contributed by atoms with Gasteiger partial charge in [0.15, 0.2) is 0 Å². The average Bonchev–Trinajstić information content (AvgIpc) is 3.04. The van der Waals surface area contributed by atoms with Gasteiger partial charge in [-0.2, -0.15) is 0 Å². The van der Waals surface area contributed by atoms with E-state index in [0.29, 0.717) is 17.7 Å². The molecule has 3 aliphatic heterocycles. The molecule has 0 N–H and O–H groups in total. The molecule has 0 spiro atoms. The number of thiazole rings is 1. The van der Waals surface area contributed by atoms with Crippen LogP contribution >= 0.6 is 11.3 Å². The van der Waals surface area contributed by atoms with Crippen LogP contribution in [0.3, 0.4) is 0 Å². The van der Waals surface area contributed by atoms with E-state index in [1.165, 1.54) is 18.5 Å². The van der Waals surface area contributed by atoms with Gasteiger partial charge in [-0.15, -0.1) is 11.3 Å². The highest BCUT2D eigenvalue weighted by molar-refractivity contribution is 7.09. The highest BCUT2D eigenvalue weighted by Gasteiger charge is 2.45. The van der Waals surface area contributed by atoms with Crippen molar-refractivity contribution in [1.29, 1.82) is 0 Å². The fourth-order valence-corrected chi connectivity index (χ4v) is 5.27. The third-order valence-electron chi connectivity index (χ3n) is 5.93. The fourth-order valence-electron chi connectivity index (χ4n) is 4.32. The van der Waals surface area contributed by atoms with Crippen LogP contribution in [0.25, 0.3) is 0 Å². The lowest BCUT2D eigenvalue weighted by molar-refractivity contribution is -0.138. The molecule has 5 nitrogen and oxygen atoms in total. The number of aromatic nitrogens is 1. The summed E-state index contributed by atoms with van der Waals surface area (Å²) in [7, 11) is 0. The number of hydrogen-bond donors (Lipinski definition) is 0. The van der Waals surface area contributed by atoms with Crippen molar-refractivity contribution in [2.24, 2.45) is 11.8 Å². The van der Waals surface area contributed by atoms with Crippen LogP contribution in [0.5, 0.6) is 0 Å². The Hall–Kier alpha value is -0.980.